The van der Waals surface area contributed by atoms with Crippen LogP contribution in [-0.4, -0.2) is 29.9 Å². The molecular formula is C15H28N4OSSi. The Morgan fingerprint density at radius 2 is 2.00 bits per heavy atom. The van der Waals surface area contributed by atoms with E-state index < -0.39 is 8.32 Å². The maximum absolute atomic E-state index is 6.26. The Morgan fingerprint density at radius 1 is 1.36 bits per heavy atom. The third kappa shape index (κ3) is 5.30. The molecule has 0 saturated heterocycles. The molecule has 0 atom stereocenters. The smallest absolute Gasteiger partial charge is 0.192 e. The molecule has 1 aromatic heterocycles. The Labute approximate surface area is 140 Å². The molecule has 2 N–H and O–H groups in total. The van der Waals surface area contributed by atoms with Crippen LogP contribution in [0.25, 0.3) is 0 Å². The molecule has 1 rings (SSSR count). The van der Waals surface area contributed by atoms with E-state index in [2.05, 4.69) is 54.5 Å². The van der Waals surface area contributed by atoms with Gasteiger partial charge >= 0.3 is 0 Å². The van der Waals surface area contributed by atoms with Gasteiger partial charge in [0.15, 0.2) is 13.4 Å². The van der Waals surface area contributed by atoms with Crippen molar-refractivity contribution >= 4 is 31.5 Å². The number of anilines is 1. The van der Waals surface area contributed by atoms with Gasteiger partial charge in [-0.3, -0.25) is 0 Å². The van der Waals surface area contributed by atoms with Crippen molar-refractivity contribution in [1.82, 2.24) is 15.3 Å². The minimum Gasteiger partial charge on any atom is -0.412 e. The van der Waals surface area contributed by atoms with Gasteiger partial charge in [-0.05, 0) is 44.2 Å². The topological polar surface area (TPSA) is 59.1 Å². The largest absolute Gasteiger partial charge is 0.412 e. The van der Waals surface area contributed by atoms with Crippen molar-refractivity contribution in [3.8, 4) is 0 Å². The number of aryl methyl sites for hydroxylation is 1. The predicted octanol–water partition coefficient (Wildman–Crippen LogP) is 3.61. The van der Waals surface area contributed by atoms with E-state index in [1.807, 2.05) is 20.0 Å². The van der Waals surface area contributed by atoms with Crippen LogP contribution >= 0.6 is 12.2 Å². The molecule has 0 saturated carbocycles. The molecule has 1 heterocycles. The van der Waals surface area contributed by atoms with Crippen molar-refractivity contribution in [2.45, 2.75) is 59.4 Å². The van der Waals surface area contributed by atoms with Crippen LogP contribution < -0.4 is 10.6 Å². The van der Waals surface area contributed by atoms with Crippen LogP contribution in [0.15, 0.2) is 6.20 Å². The van der Waals surface area contributed by atoms with Gasteiger partial charge in [0.1, 0.15) is 11.6 Å². The number of nitrogens with zero attached hydrogens (tertiary/aromatic N) is 2. The monoisotopic (exact) mass is 340 g/mol. The summed E-state index contributed by atoms with van der Waals surface area (Å²) in [5.41, 5.74) is 0.927. The second kappa shape index (κ2) is 7.48. The second-order valence-electron chi connectivity index (χ2n) is 6.82. The van der Waals surface area contributed by atoms with Gasteiger partial charge in [0, 0.05) is 18.3 Å². The summed E-state index contributed by atoms with van der Waals surface area (Å²) in [6.07, 6.45) is 1.81. The van der Waals surface area contributed by atoms with E-state index in [-0.39, 0.29) is 5.04 Å². The molecule has 5 nitrogen and oxygen atoms in total. The van der Waals surface area contributed by atoms with E-state index in [0.717, 1.165) is 17.9 Å². The van der Waals surface area contributed by atoms with Crippen molar-refractivity contribution < 1.29 is 4.43 Å². The lowest BCUT2D eigenvalue weighted by Gasteiger charge is -2.36. The first-order valence-corrected chi connectivity index (χ1v) is 10.9. The summed E-state index contributed by atoms with van der Waals surface area (Å²) >= 11 is 5.24. The Morgan fingerprint density at radius 3 is 2.55 bits per heavy atom. The summed E-state index contributed by atoms with van der Waals surface area (Å²) < 4.78 is 6.26. The number of hydrogen-bond acceptors (Lipinski definition) is 4. The van der Waals surface area contributed by atoms with Gasteiger partial charge in [-0.25, -0.2) is 9.97 Å². The first kappa shape index (κ1) is 19.0. The Bertz CT molecular complexity index is 529. The molecular weight excluding hydrogens is 312 g/mol. The van der Waals surface area contributed by atoms with Crippen molar-refractivity contribution in [3.63, 3.8) is 0 Å². The summed E-state index contributed by atoms with van der Waals surface area (Å²) in [5.74, 6) is 1.43. The number of nitrogens with one attached hydrogen (secondary N) is 2. The fourth-order valence-electron chi connectivity index (χ4n) is 1.50. The van der Waals surface area contributed by atoms with Crippen LogP contribution in [-0.2, 0) is 11.0 Å². The predicted molar refractivity (Wildman–Crippen MR) is 98.7 cm³/mol. The van der Waals surface area contributed by atoms with E-state index in [1.165, 1.54) is 0 Å². The minimum absolute atomic E-state index is 0.172. The molecule has 0 aromatic carbocycles. The molecule has 124 valence electrons. The molecule has 0 aliphatic heterocycles. The van der Waals surface area contributed by atoms with Gasteiger partial charge in [-0.15, -0.1) is 0 Å². The molecule has 0 spiro atoms. The normalized spacial score (nSPS) is 12.1. The zero-order valence-electron chi connectivity index (χ0n) is 14.7. The maximum atomic E-state index is 6.26. The molecule has 22 heavy (non-hydrogen) atoms. The standard InChI is InChI=1S/C15H28N4OSSi/c1-8-16-14(21)19-13-12(9-17-11(2)18-13)10-20-22(6,7)15(3,4)5/h9H,8,10H2,1-7H3,(H2,16,17,18,19,21). The first-order valence-electron chi connectivity index (χ1n) is 7.58. The van der Waals surface area contributed by atoms with Gasteiger partial charge in [0.25, 0.3) is 0 Å². The molecule has 0 unspecified atom stereocenters. The maximum Gasteiger partial charge on any atom is 0.192 e. The van der Waals surface area contributed by atoms with Gasteiger partial charge in [0.2, 0.25) is 0 Å². The Kier molecular flexibility index (Phi) is 6.46. The molecule has 1 aromatic rings. The highest BCUT2D eigenvalue weighted by Crippen LogP contribution is 2.37. The summed E-state index contributed by atoms with van der Waals surface area (Å²) in [5, 5.41) is 6.93. The minimum atomic E-state index is -1.81. The van der Waals surface area contributed by atoms with Crippen LogP contribution in [0, 0.1) is 6.92 Å². The highest BCUT2D eigenvalue weighted by molar-refractivity contribution is 7.80. The fourth-order valence-corrected chi connectivity index (χ4v) is 2.69. The lowest BCUT2D eigenvalue weighted by Crippen LogP contribution is -2.40. The lowest BCUT2D eigenvalue weighted by atomic mass is 10.2. The Hall–Kier alpha value is -1.05. The van der Waals surface area contributed by atoms with Gasteiger partial charge in [-0.2, -0.15) is 0 Å². The molecule has 7 heteroatoms. The summed E-state index contributed by atoms with van der Waals surface area (Å²) in [7, 11) is -1.81. The van der Waals surface area contributed by atoms with Crippen molar-refractivity contribution in [3.05, 3.63) is 17.6 Å². The third-order valence-corrected chi connectivity index (χ3v) is 8.67. The number of hydrogen-bond donors (Lipinski definition) is 2. The van der Waals surface area contributed by atoms with Crippen LogP contribution in [0.3, 0.4) is 0 Å². The zero-order valence-corrected chi connectivity index (χ0v) is 16.5. The highest BCUT2D eigenvalue weighted by Gasteiger charge is 2.37. The molecule has 0 bridgehead atoms. The number of rotatable bonds is 5. The van der Waals surface area contributed by atoms with E-state index in [9.17, 15) is 0 Å². The Balaban J connectivity index is 2.89. The van der Waals surface area contributed by atoms with Gasteiger partial charge in [-0.1, -0.05) is 20.8 Å². The SMILES string of the molecule is CCNC(=S)Nc1nc(C)ncc1CO[Si](C)(C)C(C)(C)C. The molecule has 0 fully saturated rings. The van der Waals surface area contributed by atoms with E-state index >= 15 is 0 Å². The van der Waals surface area contributed by atoms with Crippen molar-refractivity contribution in [2.75, 3.05) is 11.9 Å². The average molecular weight is 341 g/mol. The van der Waals surface area contributed by atoms with Gasteiger partial charge < -0.3 is 15.1 Å². The van der Waals surface area contributed by atoms with Gasteiger partial charge in [0.05, 0.1) is 6.61 Å². The van der Waals surface area contributed by atoms with Crippen LogP contribution in [0.2, 0.25) is 18.1 Å². The number of aromatic nitrogens is 2. The zero-order chi connectivity index (χ0) is 17.0. The molecule has 0 amide bonds. The van der Waals surface area contributed by atoms with Crippen molar-refractivity contribution in [2.24, 2.45) is 0 Å². The summed E-state index contributed by atoms with van der Waals surface area (Å²) in [6, 6.07) is 0. The van der Waals surface area contributed by atoms with E-state index in [0.29, 0.717) is 17.5 Å². The second-order valence-corrected chi connectivity index (χ2v) is 12.0. The van der Waals surface area contributed by atoms with E-state index in [1.54, 1.807) is 0 Å². The van der Waals surface area contributed by atoms with Crippen molar-refractivity contribution in [1.29, 1.82) is 0 Å². The number of thiocarbonyl (C=S) groups is 1. The van der Waals surface area contributed by atoms with Crippen LogP contribution in [0.1, 0.15) is 39.1 Å². The first-order chi connectivity index (χ1) is 10.1. The van der Waals surface area contributed by atoms with Crippen LogP contribution in [0.5, 0.6) is 0 Å². The molecule has 0 aliphatic carbocycles. The quantitative estimate of drug-likeness (QED) is 0.631. The summed E-state index contributed by atoms with van der Waals surface area (Å²) in [4.78, 5) is 8.72. The average Bonchev–Trinajstić information content (AvgIpc) is 2.36. The summed E-state index contributed by atoms with van der Waals surface area (Å²) in [6.45, 7) is 16.3. The van der Waals surface area contributed by atoms with E-state index in [4.69, 9.17) is 16.6 Å². The lowest BCUT2D eigenvalue weighted by molar-refractivity contribution is 0.276. The van der Waals surface area contributed by atoms with Crippen LogP contribution in [0.4, 0.5) is 5.82 Å². The fraction of sp³-hybridized carbons (Fsp3) is 0.667. The highest BCUT2D eigenvalue weighted by atomic mass is 32.1. The molecule has 0 aliphatic rings. The third-order valence-electron chi connectivity index (χ3n) is 3.95. The molecule has 0 radical (unpaired) electrons.